The van der Waals surface area contributed by atoms with Crippen LogP contribution in [-0.2, 0) is 9.53 Å². The molecule has 0 unspecified atom stereocenters. The Hall–Kier alpha value is -3.42. The SMILES string of the molecule is CNC(=O)NC(=O)[C@H](OC(=O)c1[nH]c(C)c(C(C)=O)c1C)c1ccccc1. The minimum atomic E-state index is -1.33. The Balaban J connectivity index is 2.34. The van der Waals surface area contributed by atoms with Crippen molar-refractivity contribution in [3.8, 4) is 0 Å². The van der Waals surface area contributed by atoms with Crippen LogP contribution in [0.15, 0.2) is 30.3 Å². The molecule has 0 spiro atoms. The number of Topliss-reactive ketones (excluding diaryl/α,β-unsaturated/α-hetero) is 1. The summed E-state index contributed by atoms with van der Waals surface area (Å²) >= 11 is 0. The number of aromatic nitrogens is 1. The van der Waals surface area contributed by atoms with Gasteiger partial charge < -0.3 is 15.0 Å². The topological polar surface area (TPSA) is 117 Å². The van der Waals surface area contributed by atoms with Crippen LogP contribution in [0.1, 0.15) is 50.7 Å². The summed E-state index contributed by atoms with van der Waals surface area (Å²) in [5.41, 5.74) is 1.89. The predicted molar refractivity (Wildman–Crippen MR) is 97.5 cm³/mol. The Morgan fingerprint density at radius 2 is 1.70 bits per heavy atom. The van der Waals surface area contributed by atoms with Gasteiger partial charge in [-0.25, -0.2) is 9.59 Å². The second kappa shape index (κ2) is 8.31. The van der Waals surface area contributed by atoms with Crippen molar-refractivity contribution < 1.29 is 23.9 Å². The number of ketones is 1. The molecule has 0 fully saturated rings. The third-order valence-corrected chi connectivity index (χ3v) is 4.02. The zero-order valence-electron chi connectivity index (χ0n) is 15.5. The van der Waals surface area contributed by atoms with Crippen LogP contribution in [0.3, 0.4) is 0 Å². The van der Waals surface area contributed by atoms with E-state index in [9.17, 15) is 19.2 Å². The third kappa shape index (κ3) is 4.41. The van der Waals surface area contributed by atoms with Gasteiger partial charge in [0, 0.05) is 23.9 Å². The van der Waals surface area contributed by atoms with Gasteiger partial charge in [-0.15, -0.1) is 0 Å². The van der Waals surface area contributed by atoms with Gasteiger partial charge in [-0.2, -0.15) is 0 Å². The molecule has 0 saturated heterocycles. The smallest absolute Gasteiger partial charge is 0.356 e. The summed E-state index contributed by atoms with van der Waals surface area (Å²) in [5, 5.41) is 4.37. The Morgan fingerprint density at radius 3 is 2.22 bits per heavy atom. The summed E-state index contributed by atoms with van der Waals surface area (Å²) in [6.45, 7) is 4.70. The lowest BCUT2D eigenvalue weighted by atomic mass is 10.1. The van der Waals surface area contributed by atoms with Crippen molar-refractivity contribution in [2.24, 2.45) is 0 Å². The number of rotatable bonds is 5. The largest absolute Gasteiger partial charge is 0.443 e. The lowest BCUT2D eigenvalue weighted by molar-refractivity contribution is -0.129. The van der Waals surface area contributed by atoms with Gasteiger partial charge >= 0.3 is 12.0 Å². The van der Waals surface area contributed by atoms with E-state index in [4.69, 9.17) is 4.74 Å². The molecule has 1 aromatic carbocycles. The summed E-state index contributed by atoms with van der Waals surface area (Å²) in [6.07, 6.45) is -1.33. The maximum Gasteiger partial charge on any atom is 0.356 e. The number of hydrogen-bond acceptors (Lipinski definition) is 5. The fraction of sp³-hybridized carbons (Fsp3) is 0.263. The third-order valence-electron chi connectivity index (χ3n) is 4.02. The molecule has 1 atom stereocenters. The molecule has 142 valence electrons. The van der Waals surface area contributed by atoms with Crippen LogP contribution in [0.25, 0.3) is 0 Å². The minimum Gasteiger partial charge on any atom is -0.443 e. The number of aromatic amines is 1. The lowest BCUT2D eigenvalue weighted by Gasteiger charge is -2.17. The van der Waals surface area contributed by atoms with E-state index in [1.807, 2.05) is 0 Å². The second-order valence-electron chi connectivity index (χ2n) is 5.95. The first kappa shape index (κ1) is 19.9. The van der Waals surface area contributed by atoms with Crippen LogP contribution in [-0.4, -0.2) is 35.7 Å². The van der Waals surface area contributed by atoms with Crippen LogP contribution in [0.5, 0.6) is 0 Å². The first-order valence-electron chi connectivity index (χ1n) is 8.24. The van der Waals surface area contributed by atoms with Crippen LogP contribution in [0.4, 0.5) is 4.79 Å². The molecule has 0 saturated carbocycles. The van der Waals surface area contributed by atoms with Gasteiger partial charge in [-0.1, -0.05) is 30.3 Å². The zero-order valence-corrected chi connectivity index (χ0v) is 15.5. The normalized spacial score (nSPS) is 11.4. The van der Waals surface area contributed by atoms with Gasteiger partial charge in [0.25, 0.3) is 5.91 Å². The summed E-state index contributed by atoms with van der Waals surface area (Å²) in [7, 11) is 1.36. The molecule has 0 aliphatic rings. The van der Waals surface area contributed by atoms with Crippen LogP contribution >= 0.6 is 0 Å². The van der Waals surface area contributed by atoms with E-state index in [2.05, 4.69) is 15.6 Å². The molecule has 8 heteroatoms. The highest BCUT2D eigenvalue weighted by molar-refractivity contribution is 6.02. The van der Waals surface area contributed by atoms with Crippen molar-refractivity contribution >= 4 is 23.7 Å². The van der Waals surface area contributed by atoms with E-state index in [-0.39, 0.29) is 11.5 Å². The Labute approximate surface area is 156 Å². The van der Waals surface area contributed by atoms with Crippen LogP contribution in [0.2, 0.25) is 0 Å². The standard InChI is InChI=1S/C19H21N3O5/c1-10-14(12(3)23)11(2)21-15(10)18(25)27-16(13-8-6-5-7-9-13)17(24)22-19(26)20-4/h5-9,16,21H,1-4H3,(H2,20,22,24,26)/t16-/m1/s1. The quantitative estimate of drug-likeness (QED) is 0.550. The first-order chi connectivity index (χ1) is 12.8. The average Bonchev–Trinajstić information content (AvgIpc) is 2.94. The van der Waals surface area contributed by atoms with Gasteiger partial charge in [-0.3, -0.25) is 14.9 Å². The molecule has 0 aliphatic heterocycles. The Morgan fingerprint density at radius 1 is 1.07 bits per heavy atom. The molecular formula is C19H21N3O5. The molecule has 0 radical (unpaired) electrons. The van der Waals surface area contributed by atoms with Crippen molar-refractivity contribution in [3.63, 3.8) is 0 Å². The fourth-order valence-corrected chi connectivity index (χ4v) is 2.79. The molecule has 2 aromatic rings. The van der Waals surface area contributed by atoms with E-state index in [1.54, 1.807) is 44.2 Å². The molecule has 1 aromatic heterocycles. The molecule has 8 nitrogen and oxygen atoms in total. The molecule has 2 rings (SSSR count). The fourth-order valence-electron chi connectivity index (χ4n) is 2.79. The van der Waals surface area contributed by atoms with Gasteiger partial charge in [0.1, 0.15) is 5.69 Å². The molecule has 27 heavy (non-hydrogen) atoms. The number of aryl methyl sites for hydroxylation is 1. The summed E-state index contributed by atoms with van der Waals surface area (Å²) in [4.78, 5) is 51.1. The van der Waals surface area contributed by atoms with Gasteiger partial charge in [-0.05, 0) is 26.3 Å². The van der Waals surface area contributed by atoms with E-state index < -0.39 is 24.0 Å². The molecular weight excluding hydrogens is 350 g/mol. The van der Waals surface area contributed by atoms with Crippen molar-refractivity contribution in [2.75, 3.05) is 7.05 Å². The predicted octanol–water partition coefficient (Wildman–Crippen LogP) is 2.19. The maximum absolute atomic E-state index is 12.7. The number of ether oxygens (including phenoxy) is 1. The lowest BCUT2D eigenvalue weighted by Crippen LogP contribution is -2.41. The molecule has 3 N–H and O–H groups in total. The number of benzene rings is 1. The highest BCUT2D eigenvalue weighted by Gasteiger charge is 2.29. The Bertz CT molecular complexity index is 886. The number of nitrogens with one attached hydrogen (secondary N) is 3. The van der Waals surface area contributed by atoms with E-state index in [1.165, 1.54) is 14.0 Å². The zero-order chi connectivity index (χ0) is 20.1. The Kier molecular flexibility index (Phi) is 6.12. The summed E-state index contributed by atoms with van der Waals surface area (Å²) < 4.78 is 5.39. The summed E-state index contributed by atoms with van der Waals surface area (Å²) in [5.74, 6) is -1.78. The van der Waals surface area contributed by atoms with Gasteiger partial charge in [0.15, 0.2) is 5.78 Å². The number of amides is 3. The number of urea groups is 1. The van der Waals surface area contributed by atoms with Crippen molar-refractivity contribution in [3.05, 3.63) is 58.4 Å². The van der Waals surface area contributed by atoms with E-state index in [0.29, 0.717) is 22.4 Å². The average molecular weight is 371 g/mol. The molecule has 1 heterocycles. The van der Waals surface area contributed by atoms with Gasteiger partial charge in [0.05, 0.1) is 0 Å². The van der Waals surface area contributed by atoms with Crippen molar-refractivity contribution in [2.45, 2.75) is 26.9 Å². The minimum absolute atomic E-state index is 0.0892. The molecule has 0 bridgehead atoms. The van der Waals surface area contributed by atoms with E-state index in [0.717, 1.165) is 0 Å². The molecule has 3 amide bonds. The maximum atomic E-state index is 12.7. The van der Waals surface area contributed by atoms with Gasteiger partial charge in [0.2, 0.25) is 6.10 Å². The second-order valence-corrected chi connectivity index (χ2v) is 5.95. The first-order valence-corrected chi connectivity index (χ1v) is 8.24. The highest BCUT2D eigenvalue weighted by atomic mass is 16.5. The molecule has 0 aliphatic carbocycles. The number of H-pyrrole nitrogens is 1. The number of esters is 1. The van der Waals surface area contributed by atoms with E-state index >= 15 is 0 Å². The number of hydrogen-bond donors (Lipinski definition) is 3. The van der Waals surface area contributed by atoms with Crippen LogP contribution < -0.4 is 10.6 Å². The number of carbonyl (C=O) groups excluding carboxylic acids is 4. The van der Waals surface area contributed by atoms with Crippen LogP contribution in [0, 0.1) is 13.8 Å². The summed E-state index contributed by atoms with van der Waals surface area (Å²) in [6, 6.07) is 7.60. The highest BCUT2D eigenvalue weighted by Crippen LogP contribution is 2.23. The monoisotopic (exact) mass is 371 g/mol. The number of carbonyl (C=O) groups is 4. The van der Waals surface area contributed by atoms with Crippen molar-refractivity contribution in [1.82, 2.24) is 15.6 Å². The van der Waals surface area contributed by atoms with Crippen molar-refractivity contribution in [1.29, 1.82) is 0 Å². The number of imide groups is 1.